The number of rotatable bonds is 4. The van der Waals surface area contributed by atoms with Crippen molar-refractivity contribution < 1.29 is 9.13 Å². The van der Waals surface area contributed by atoms with Crippen molar-refractivity contribution in [1.29, 1.82) is 0 Å². The second-order valence-corrected chi connectivity index (χ2v) is 6.65. The Balaban J connectivity index is 1.39. The van der Waals surface area contributed by atoms with E-state index < -0.39 is 5.82 Å². The predicted molar refractivity (Wildman–Crippen MR) is 107 cm³/mol. The summed E-state index contributed by atoms with van der Waals surface area (Å²) in [5.41, 5.74) is 3.17. The fourth-order valence-corrected chi connectivity index (χ4v) is 3.25. The van der Waals surface area contributed by atoms with Crippen molar-refractivity contribution in [3.05, 3.63) is 60.5 Å². The lowest BCUT2D eigenvalue weighted by atomic mass is 10.2. The van der Waals surface area contributed by atoms with Crippen LogP contribution in [0.5, 0.6) is 0 Å². The zero-order valence-corrected chi connectivity index (χ0v) is 15.5. The highest BCUT2D eigenvalue weighted by Crippen LogP contribution is 2.22. The average molecular weight is 391 g/mol. The molecule has 1 fully saturated rings. The fraction of sp³-hybridized carbons (Fsp3) is 0.200. The van der Waals surface area contributed by atoms with Gasteiger partial charge in [0.15, 0.2) is 11.5 Å². The van der Waals surface area contributed by atoms with Gasteiger partial charge in [0, 0.05) is 24.5 Å². The Morgan fingerprint density at radius 3 is 2.52 bits per heavy atom. The minimum Gasteiger partial charge on any atom is -0.378 e. The topological polar surface area (TPSA) is 80.5 Å². The summed E-state index contributed by atoms with van der Waals surface area (Å²) < 4.78 is 20.1. The lowest BCUT2D eigenvalue weighted by Gasteiger charge is -2.28. The molecule has 0 spiro atoms. The second kappa shape index (κ2) is 7.44. The first kappa shape index (κ1) is 17.5. The number of hydrogen-bond acceptors (Lipinski definition) is 7. The van der Waals surface area contributed by atoms with E-state index in [9.17, 15) is 4.39 Å². The molecule has 3 aromatic heterocycles. The molecule has 1 N–H and O–H groups in total. The Hall–Kier alpha value is -3.59. The molecule has 1 aromatic carbocycles. The molecule has 0 bridgehead atoms. The number of halogens is 1. The van der Waals surface area contributed by atoms with Crippen molar-refractivity contribution in [2.75, 3.05) is 36.5 Å². The summed E-state index contributed by atoms with van der Waals surface area (Å²) >= 11 is 0. The van der Waals surface area contributed by atoms with Crippen molar-refractivity contribution >= 4 is 22.8 Å². The maximum atomic E-state index is 13.2. The van der Waals surface area contributed by atoms with E-state index in [1.165, 1.54) is 11.8 Å². The quantitative estimate of drug-likeness (QED) is 0.573. The van der Waals surface area contributed by atoms with E-state index in [0.717, 1.165) is 38.2 Å². The lowest BCUT2D eigenvalue weighted by Crippen LogP contribution is -2.36. The molecule has 5 rings (SSSR count). The molecular formula is C20H18FN7O. The smallest absolute Gasteiger partial charge is 0.203 e. The minimum atomic E-state index is -0.404. The minimum absolute atomic E-state index is 0.404. The zero-order chi connectivity index (χ0) is 19.6. The molecular weight excluding hydrogens is 373 g/mol. The number of aromatic nitrogens is 5. The van der Waals surface area contributed by atoms with Crippen molar-refractivity contribution in [2.24, 2.45) is 0 Å². The van der Waals surface area contributed by atoms with Crippen molar-refractivity contribution in [2.45, 2.75) is 0 Å². The van der Waals surface area contributed by atoms with Crippen LogP contribution in [0.3, 0.4) is 0 Å². The predicted octanol–water partition coefficient (Wildman–Crippen LogP) is 2.91. The monoisotopic (exact) mass is 391 g/mol. The van der Waals surface area contributed by atoms with Gasteiger partial charge in [-0.2, -0.15) is 4.52 Å². The van der Waals surface area contributed by atoms with Gasteiger partial charge in [-0.3, -0.25) is 0 Å². The number of fused-ring (bicyclic) bond motifs is 1. The number of hydrogen-bond donors (Lipinski definition) is 1. The van der Waals surface area contributed by atoms with Crippen LogP contribution in [-0.2, 0) is 4.74 Å². The highest BCUT2D eigenvalue weighted by Gasteiger charge is 2.13. The van der Waals surface area contributed by atoms with Gasteiger partial charge in [0.25, 0.3) is 0 Å². The van der Waals surface area contributed by atoms with Crippen molar-refractivity contribution in [1.82, 2.24) is 24.8 Å². The number of ether oxygens (including phenoxy) is 1. The van der Waals surface area contributed by atoms with Crippen LogP contribution >= 0.6 is 0 Å². The standard InChI is InChI=1S/C20H18FN7O/c21-14-1-6-17(22-13-14)20-25-24-19-8-7-18(26-28(19)20)23-15-2-4-16(5-3-15)27-9-11-29-12-10-27/h1-8,13H,9-12H2,(H,23,26). The van der Waals surface area contributed by atoms with E-state index in [-0.39, 0.29) is 0 Å². The van der Waals surface area contributed by atoms with Gasteiger partial charge in [-0.25, -0.2) is 9.37 Å². The van der Waals surface area contributed by atoms with Crippen LogP contribution in [0.15, 0.2) is 54.7 Å². The molecule has 0 amide bonds. The van der Waals surface area contributed by atoms with Crippen LogP contribution in [0.4, 0.5) is 21.6 Å². The summed E-state index contributed by atoms with van der Waals surface area (Å²) in [7, 11) is 0. The van der Waals surface area contributed by atoms with E-state index in [1.54, 1.807) is 10.6 Å². The third-order valence-corrected chi connectivity index (χ3v) is 4.74. The molecule has 0 aliphatic carbocycles. The summed E-state index contributed by atoms with van der Waals surface area (Å²) in [5.74, 6) is 0.685. The van der Waals surface area contributed by atoms with Gasteiger partial charge in [-0.1, -0.05) is 0 Å². The molecule has 9 heteroatoms. The molecule has 4 heterocycles. The van der Waals surface area contributed by atoms with Crippen LogP contribution in [0, 0.1) is 5.82 Å². The number of benzene rings is 1. The van der Waals surface area contributed by atoms with Gasteiger partial charge < -0.3 is 15.0 Å². The van der Waals surface area contributed by atoms with Crippen LogP contribution < -0.4 is 10.2 Å². The van der Waals surface area contributed by atoms with Crippen molar-refractivity contribution in [3.63, 3.8) is 0 Å². The molecule has 146 valence electrons. The SMILES string of the molecule is Fc1ccc(-c2nnc3ccc(Nc4ccc(N5CCOCC5)cc4)nn23)nc1. The lowest BCUT2D eigenvalue weighted by molar-refractivity contribution is 0.122. The van der Waals surface area contributed by atoms with Crippen LogP contribution in [0.25, 0.3) is 17.2 Å². The molecule has 1 aliphatic heterocycles. The van der Waals surface area contributed by atoms with Gasteiger partial charge in [0.05, 0.1) is 19.4 Å². The molecule has 0 unspecified atom stereocenters. The molecule has 0 atom stereocenters. The highest BCUT2D eigenvalue weighted by atomic mass is 19.1. The summed E-state index contributed by atoms with van der Waals surface area (Å²) in [5, 5.41) is 16.1. The first-order chi connectivity index (χ1) is 14.3. The molecule has 0 radical (unpaired) electrons. The van der Waals surface area contributed by atoms with Gasteiger partial charge in [-0.15, -0.1) is 15.3 Å². The molecule has 1 saturated heterocycles. The number of morpholine rings is 1. The summed E-state index contributed by atoms with van der Waals surface area (Å²) in [6, 6.07) is 14.7. The first-order valence-electron chi connectivity index (χ1n) is 9.30. The molecule has 4 aromatic rings. The Morgan fingerprint density at radius 2 is 1.76 bits per heavy atom. The molecule has 1 aliphatic rings. The maximum Gasteiger partial charge on any atom is 0.203 e. The Morgan fingerprint density at radius 1 is 0.931 bits per heavy atom. The van der Waals surface area contributed by atoms with E-state index >= 15 is 0 Å². The number of nitrogens with one attached hydrogen (secondary N) is 1. The van der Waals surface area contributed by atoms with Gasteiger partial charge >= 0.3 is 0 Å². The van der Waals surface area contributed by atoms with E-state index in [2.05, 4.69) is 42.6 Å². The average Bonchev–Trinajstić information content (AvgIpc) is 3.19. The zero-order valence-electron chi connectivity index (χ0n) is 15.5. The fourth-order valence-electron chi connectivity index (χ4n) is 3.25. The highest BCUT2D eigenvalue weighted by molar-refractivity contribution is 5.62. The summed E-state index contributed by atoms with van der Waals surface area (Å²) in [4.78, 5) is 6.37. The number of anilines is 3. The third kappa shape index (κ3) is 3.59. The normalized spacial score (nSPS) is 14.3. The van der Waals surface area contributed by atoms with Crippen molar-refractivity contribution in [3.8, 4) is 11.5 Å². The third-order valence-electron chi connectivity index (χ3n) is 4.74. The second-order valence-electron chi connectivity index (χ2n) is 6.65. The first-order valence-corrected chi connectivity index (χ1v) is 9.30. The largest absolute Gasteiger partial charge is 0.378 e. The number of pyridine rings is 1. The Labute approximate surface area is 166 Å². The van der Waals surface area contributed by atoms with Gasteiger partial charge in [-0.05, 0) is 48.5 Å². The number of nitrogens with zero attached hydrogens (tertiary/aromatic N) is 6. The molecule has 8 nitrogen and oxygen atoms in total. The van der Waals surface area contributed by atoms with Gasteiger partial charge in [0.2, 0.25) is 5.82 Å². The maximum absolute atomic E-state index is 13.2. The van der Waals surface area contributed by atoms with Crippen LogP contribution in [0.2, 0.25) is 0 Å². The summed E-state index contributed by atoms with van der Waals surface area (Å²) in [6.07, 6.45) is 1.15. The van der Waals surface area contributed by atoms with Crippen LogP contribution in [0.1, 0.15) is 0 Å². The Bertz CT molecular complexity index is 1120. The Kier molecular flexibility index (Phi) is 4.49. The molecule has 0 saturated carbocycles. The van der Waals surface area contributed by atoms with Crippen LogP contribution in [-0.4, -0.2) is 51.1 Å². The van der Waals surface area contributed by atoms with E-state index in [4.69, 9.17) is 4.74 Å². The van der Waals surface area contributed by atoms with E-state index in [1.807, 2.05) is 24.3 Å². The van der Waals surface area contributed by atoms with E-state index in [0.29, 0.717) is 23.0 Å². The van der Waals surface area contributed by atoms with Gasteiger partial charge in [0.1, 0.15) is 11.5 Å². The summed E-state index contributed by atoms with van der Waals surface area (Å²) in [6.45, 7) is 3.32. The molecule has 29 heavy (non-hydrogen) atoms.